The van der Waals surface area contributed by atoms with Crippen LogP contribution in [0, 0.1) is 0 Å². The summed E-state index contributed by atoms with van der Waals surface area (Å²) in [6.45, 7) is 8.53. The van der Waals surface area contributed by atoms with Gasteiger partial charge in [0.2, 0.25) is 0 Å². The Morgan fingerprint density at radius 3 is 2.45 bits per heavy atom. The maximum Gasteiger partial charge on any atom is 0.0715 e. The van der Waals surface area contributed by atoms with Crippen molar-refractivity contribution in [2.45, 2.75) is 46.1 Å². The number of nitrogens with one attached hydrogen (secondary N) is 1. The first kappa shape index (κ1) is 14.6. The monoisotopic (exact) mass is 268 g/mol. The van der Waals surface area contributed by atoms with Crippen LogP contribution < -0.4 is 5.43 Å². The van der Waals surface area contributed by atoms with Crippen LogP contribution in [0.5, 0.6) is 0 Å². The predicted molar refractivity (Wildman–Crippen MR) is 86.9 cm³/mol. The van der Waals surface area contributed by atoms with E-state index in [0.717, 1.165) is 18.6 Å². The largest absolute Gasteiger partial charge is 0.305 e. The van der Waals surface area contributed by atoms with E-state index in [0.29, 0.717) is 0 Å². The number of benzene rings is 1. The molecule has 0 heterocycles. The predicted octanol–water partition coefficient (Wildman–Crippen LogP) is 4.45. The van der Waals surface area contributed by atoms with E-state index < -0.39 is 0 Å². The standard InChI is InChI=1S/C18H24N2/c1-14-10-11-15(12-14)13-17(19-20-18(2,3)4)16-8-6-5-7-9-16/h5-10,12,20H,11,13H2,1-4H3. The molecule has 0 atom stereocenters. The van der Waals surface area contributed by atoms with E-state index in [1.807, 2.05) is 6.07 Å². The van der Waals surface area contributed by atoms with Gasteiger partial charge in [0.05, 0.1) is 5.71 Å². The quantitative estimate of drug-likeness (QED) is 0.633. The average Bonchev–Trinajstić information content (AvgIpc) is 2.80. The van der Waals surface area contributed by atoms with Crippen molar-refractivity contribution in [3.05, 3.63) is 59.2 Å². The zero-order valence-electron chi connectivity index (χ0n) is 12.9. The van der Waals surface area contributed by atoms with Crippen LogP contribution in [0.2, 0.25) is 0 Å². The van der Waals surface area contributed by atoms with Gasteiger partial charge in [0.1, 0.15) is 0 Å². The summed E-state index contributed by atoms with van der Waals surface area (Å²) in [6.07, 6.45) is 6.50. The van der Waals surface area contributed by atoms with Crippen molar-refractivity contribution in [3.63, 3.8) is 0 Å². The van der Waals surface area contributed by atoms with Gasteiger partial charge in [-0.1, -0.05) is 53.6 Å². The molecule has 1 aromatic carbocycles. The van der Waals surface area contributed by atoms with E-state index in [1.54, 1.807) is 0 Å². The zero-order chi connectivity index (χ0) is 14.6. The normalized spacial score (nSPS) is 15.9. The number of nitrogens with zero attached hydrogens (tertiary/aromatic N) is 1. The third kappa shape index (κ3) is 4.37. The summed E-state index contributed by atoms with van der Waals surface area (Å²) < 4.78 is 0. The molecule has 0 aromatic heterocycles. The van der Waals surface area contributed by atoms with Gasteiger partial charge in [0.25, 0.3) is 0 Å². The highest BCUT2D eigenvalue weighted by atomic mass is 15.3. The fourth-order valence-corrected chi connectivity index (χ4v) is 2.14. The molecular formula is C18H24N2. The van der Waals surface area contributed by atoms with E-state index in [-0.39, 0.29) is 5.54 Å². The van der Waals surface area contributed by atoms with Crippen molar-refractivity contribution in [2.24, 2.45) is 5.10 Å². The van der Waals surface area contributed by atoms with Crippen molar-refractivity contribution in [1.29, 1.82) is 0 Å². The Bertz CT molecular complexity index is 543. The topological polar surface area (TPSA) is 24.4 Å². The fraction of sp³-hybridized carbons (Fsp3) is 0.389. The molecule has 0 saturated carbocycles. The lowest BCUT2D eigenvalue weighted by Gasteiger charge is -2.19. The van der Waals surface area contributed by atoms with Gasteiger partial charge < -0.3 is 5.43 Å². The Kier molecular flexibility index (Phi) is 4.43. The zero-order valence-corrected chi connectivity index (χ0v) is 12.9. The number of hydrogen-bond donors (Lipinski definition) is 1. The van der Waals surface area contributed by atoms with Crippen LogP contribution in [0.3, 0.4) is 0 Å². The SMILES string of the molecule is CC1=CCC(CC(=NNC(C)(C)C)c2ccccc2)=C1. The molecule has 0 radical (unpaired) electrons. The second kappa shape index (κ2) is 6.08. The van der Waals surface area contributed by atoms with E-state index in [4.69, 9.17) is 0 Å². The summed E-state index contributed by atoms with van der Waals surface area (Å²) in [5.41, 5.74) is 8.32. The van der Waals surface area contributed by atoms with Crippen LogP contribution in [-0.4, -0.2) is 11.3 Å². The molecule has 1 N–H and O–H groups in total. The minimum Gasteiger partial charge on any atom is -0.305 e. The van der Waals surface area contributed by atoms with Crippen LogP contribution >= 0.6 is 0 Å². The smallest absolute Gasteiger partial charge is 0.0715 e. The lowest BCUT2D eigenvalue weighted by atomic mass is 10.0. The number of hydrazone groups is 1. The second-order valence-corrected chi connectivity index (χ2v) is 6.42. The second-order valence-electron chi connectivity index (χ2n) is 6.42. The molecule has 0 aliphatic heterocycles. The molecule has 0 fully saturated rings. The lowest BCUT2D eigenvalue weighted by Crippen LogP contribution is -2.32. The van der Waals surface area contributed by atoms with Gasteiger partial charge in [-0.15, -0.1) is 0 Å². The van der Waals surface area contributed by atoms with Gasteiger partial charge in [0, 0.05) is 12.0 Å². The van der Waals surface area contributed by atoms with Gasteiger partial charge in [-0.05, 0) is 39.7 Å². The van der Waals surface area contributed by atoms with Crippen molar-refractivity contribution >= 4 is 5.71 Å². The Labute approximate surface area is 122 Å². The highest BCUT2D eigenvalue weighted by molar-refractivity contribution is 6.01. The van der Waals surface area contributed by atoms with Crippen LogP contribution in [0.4, 0.5) is 0 Å². The Balaban J connectivity index is 2.19. The molecule has 20 heavy (non-hydrogen) atoms. The lowest BCUT2D eigenvalue weighted by molar-refractivity contribution is 0.440. The fourth-order valence-electron chi connectivity index (χ4n) is 2.14. The molecule has 1 aliphatic carbocycles. The maximum absolute atomic E-state index is 4.66. The average molecular weight is 268 g/mol. The first-order chi connectivity index (χ1) is 9.44. The van der Waals surface area contributed by atoms with E-state index in [1.165, 1.54) is 16.7 Å². The third-order valence-corrected chi connectivity index (χ3v) is 3.15. The molecule has 2 rings (SSSR count). The number of rotatable bonds is 4. The highest BCUT2D eigenvalue weighted by Crippen LogP contribution is 2.22. The minimum atomic E-state index is -0.0156. The molecule has 2 nitrogen and oxygen atoms in total. The first-order valence-electron chi connectivity index (χ1n) is 7.19. The van der Waals surface area contributed by atoms with Crippen molar-refractivity contribution in [3.8, 4) is 0 Å². The maximum atomic E-state index is 4.66. The van der Waals surface area contributed by atoms with Crippen molar-refractivity contribution < 1.29 is 0 Å². The van der Waals surface area contributed by atoms with E-state index >= 15 is 0 Å². The third-order valence-electron chi connectivity index (χ3n) is 3.15. The summed E-state index contributed by atoms with van der Waals surface area (Å²) in [5, 5.41) is 4.66. The van der Waals surface area contributed by atoms with E-state index in [9.17, 15) is 0 Å². The minimum absolute atomic E-state index is 0.0156. The molecule has 0 saturated heterocycles. The Morgan fingerprint density at radius 2 is 1.90 bits per heavy atom. The van der Waals surface area contributed by atoms with E-state index in [2.05, 4.69) is 74.6 Å². The first-order valence-corrected chi connectivity index (χ1v) is 7.19. The Hall–Kier alpha value is -1.83. The van der Waals surface area contributed by atoms with Crippen molar-refractivity contribution in [2.75, 3.05) is 0 Å². The van der Waals surface area contributed by atoms with Crippen LogP contribution in [0.15, 0.2) is 58.7 Å². The molecule has 0 bridgehead atoms. The summed E-state index contributed by atoms with van der Waals surface area (Å²) in [7, 11) is 0. The molecule has 0 unspecified atom stereocenters. The number of allylic oxidation sites excluding steroid dienone is 4. The van der Waals surface area contributed by atoms with Crippen LogP contribution in [0.1, 0.15) is 46.1 Å². The summed E-state index contributed by atoms with van der Waals surface area (Å²) in [6, 6.07) is 10.4. The van der Waals surface area contributed by atoms with Crippen LogP contribution in [-0.2, 0) is 0 Å². The van der Waals surface area contributed by atoms with Gasteiger partial charge in [-0.3, -0.25) is 0 Å². The summed E-state index contributed by atoms with van der Waals surface area (Å²) in [4.78, 5) is 0. The highest BCUT2D eigenvalue weighted by Gasteiger charge is 2.12. The van der Waals surface area contributed by atoms with Gasteiger partial charge >= 0.3 is 0 Å². The molecule has 106 valence electrons. The molecule has 0 spiro atoms. The Morgan fingerprint density at radius 1 is 1.20 bits per heavy atom. The van der Waals surface area contributed by atoms with Crippen molar-refractivity contribution in [1.82, 2.24) is 5.43 Å². The molecule has 1 aromatic rings. The molecule has 2 heteroatoms. The van der Waals surface area contributed by atoms with Gasteiger partial charge in [-0.2, -0.15) is 5.10 Å². The molecule has 0 amide bonds. The molecule has 1 aliphatic rings. The molecular weight excluding hydrogens is 244 g/mol. The summed E-state index contributed by atoms with van der Waals surface area (Å²) >= 11 is 0. The number of hydrogen-bond acceptors (Lipinski definition) is 2. The van der Waals surface area contributed by atoms with Crippen LogP contribution in [0.25, 0.3) is 0 Å². The summed E-state index contributed by atoms with van der Waals surface area (Å²) in [5.74, 6) is 0. The van der Waals surface area contributed by atoms with Gasteiger partial charge in [-0.25, -0.2) is 0 Å². The van der Waals surface area contributed by atoms with Gasteiger partial charge in [0.15, 0.2) is 0 Å².